The van der Waals surface area contributed by atoms with Crippen LogP contribution in [0.2, 0.25) is 0 Å². The number of rotatable bonds is 6. The van der Waals surface area contributed by atoms with E-state index in [0.29, 0.717) is 17.5 Å². The zero-order valence-corrected chi connectivity index (χ0v) is 30.8. The van der Waals surface area contributed by atoms with Gasteiger partial charge in [0, 0.05) is 27.5 Å². The maximum absolute atomic E-state index is 6.53. The molecule has 2 aromatic heterocycles. The molecule has 0 aliphatic rings. The minimum atomic E-state index is 0.618. The molecule has 9 aromatic carbocycles. The topological polar surface area (TPSA) is 51.8 Å². The predicted octanol–water partition coefficient (Wildman–Crippen LogP) is 14.1. The van der Waals surface area contributed by atoms with Gasteiger partial charge in [0.25, 0.3) is 0 Å². The Balaban J connectivity index is 0.999. The van der Waals surface area contributed by atoms with Gasteiger partial charge in [0.05, 0.1) is 0 Å². The molecule has 0 N–H and O–H groups in total. The van der Waals surface area contributed by atoms with Crippen molar-refractivity contribution in [2.24, 2.45) is 0 Å². The molecule has 0 spiro atoms. The summed E-state index contributed by atoms with van der Waals surface area (Å²) in [5.74, 6) is 1.88. The third-order valence-electron chi connectivity index (χ3n) is 10.9. The number of nitrogens with zero attached hydrogens (tertiary/aromatic N) is 3. The first-order valence-corrected chi connectivity index (χ1v) is 19.2. The van der Waals surface area contributed by atoms with Crippen LogP contribution in [0.25, 0.3) is 111 Å². The lowest BCUT2D eigenvalue weighted by Crippen LogP contribution is -2.00. The smallest absolute Gasteiger partial charge is 0.164 e. The van der Waals surface area contributed by atoms with Gasteiger partial charge in [0.1, 0.15) is 11.2 Å². The Morgan fingerprint density at radius 3 is 1.70 bits per heavy atom. The molecule has 0 unspecified atom stereocenters. The first-order chi connectivity index (χ1) is 28.2. The van der Waals surface area contributed by atoms with E-state index in [-0.39, 0.29) is 0 Å². The van der Waals surface area contributed by atoms with E-state index in [0.717, 1.165) is 71.8 Å². The molecular formula is C53H33N3O. The van der Waals surface area contributed by atoms with E-state index in [4.69, 9.17) is 19.4 Å². The van der Waals surface area contributed by atoms with Crippen molar-refractivity contribution < 1.29 is 4.42 Å². The van der Waals surface area contributed by atoms with Gasteiger partial charge < -0.3 is 4.42 Å². The van der Waals surface area contributed by atoms with Crippen molar-refractivity contribution in [2.75, 3.05) is 0 Å². The van der Waals surface area contributed by atoms with E-state index in [1.54, 1.807) is 0 Å². The van der Waals surface area contributed by atoms with Gasteiger partial charge in [0.15, 0.2) is 17.5 Å². The zero-order chi connectivity index (χ0) is 37.7. The Morgan fingerprint density at radius 2 is 0.860 bits per heavy atom. The Labute approximate surface area is 329 Å². The van der Waals surface area contributed by atoms with Gasteiger partial charge in [-0.1, -0.05) is 170 Å². The average Bonchev–Trinajstić information content (AvgIpc) is 3.67. The van der Waals surface area contributed by atoms with Crippen LogP contribution in [0.5, 0.6) is 0 Å². The van der Waals surface area contributed by atoms with Crippen LogP contribution in [-0.2, 0) is 0 Å². The molecule has 0 bridgehead atoms. The molecule has 0 radical (unpaired) electrons. The van der Waals surface area contributed by atoms with Gasteiger partial charge in [-0.3, -0.25) is 0 Å². The molecule has 2 heterocycles. The second-order valence-corrected chi connectivity index (χ2v) is 14.4. The van der Waals surface area contributed by atoms with Crippen molar-refractivity contribution in [3.8, 4) is 67.5 Å². The van der Waals surface area contributed by atoms with E-state index in [1.807, 2.05) is 6.07 Å². The minimum Gasteiger partial charge on any atom is -0.456 e. The molecule has 0 saturated heterocycles. The maximum Gasteiger partial charge on any atom is 0.164 e. The fraction of sp³-hybridized carbons (Fsp3) is 0. The zero-order valence-electron chi connectivity index (χ0n) is 30.8. The first-order valence-electron chi connectivity index (χ1n) is 19.2. The highest BCUT2D eigenvalue weighted by Gasteiger charge is 2.17. The number of hydrogen-bond acceptors (Lipinski definition) is 4. The Bertz CT molecular complexity index is 3290. The van der Waals surface area contributed by atoms with Crippen molar-refractivity contribution in [1.29, 1.82) is 0 Å². The van der Waals surface area contributed by atoms with Crippen molar-refractivity contribution in [3.05, 3.63) is 200 Å². The molecule has 0 amide bonds. The number of furan rings is 1. The van der Waals surface area contributed by atoms with Gasteiger partial charge in [-0.15, -0.1) is 0 Å². The molecular weight excluding hydrogens is 695 g/mol. The highest BCUT2D eigenvalue weighted by molar-refractivity contribution is 6.13. The molecule has 0 aliphatic heterocycles. The summed E-state index contributed by atoms with van der Waals surface area (Å²) in [6, 6.07) is 69.9. The lowest BCUT2D eigenvalue weighted by atomic mass is 9.95. The molecule has 0 saturated carbocycles. The molecule has 266 valence electrons. The fourth-order valence-electron chi connectivity index (χ4n) is 8.07. The van der Waals surface area contributed by atoms with E-state index in [9.17, 15) is 0 Å². The van der Waals surface area contributed by atoms with Crippen LogP contribution < -0.4 is 0 Å². The van der Waals surface area contributed by atoms with Crippen LogP contribution in [0.3, 0.4) is 0 Å². The Morgan fingerprint density at radius 1 is 0.281 bits per heavy atom. The number of benzene rings is 9. The lowest BCUT2D eigenvalue weighted by molar-refractivity contribution is 0.669. The van der Waals surface area contributed by atoms with Gasteiger partial charge >= 0.3 is 0 Å². The van der Waals surface area contributed by atoms with Crippen molar-refractivity contribution in [2.45, 2.75) is 0 Å². The summed E-state index contributed by atoms with van der Waals surface area (Å²) in [6.45, 7) is 0. The number of aromatic nitrogens is 3. The number of hydrogen-bond donors (Lipinski definition) is 0. The summed E-state index contributed by atoms with van der Waals surface area (Å²) >= 11 is 0. The van der Waals surface area contributed by atoms with Gasteiger partial charge in [-0.05, 0) is 85.3 Å². The summed E-state index contributed by atoms with van der Waals surface area (Å²) < 4.78 is 6.53. The van der Waals surface area contributed by atoms with Crippen molar-refractivity contribution in [3.63, 3.8) is 0 Å². The van der Waals surface area contributed by atoms with Crippen LogP contribution in [0.1, 0.15) is 0 Å². The van der Waals surface area contributed by atoms with Crippen LogP contribution in [0.4, 0.5) is 0 Å². The summed E-state index contributed by atoms with van der Waals surface area (Å²) in [6.07, 6.45) is 0. The third kappa shape index (κ3) is 5.92. The fourth-order valence-corrected chi connectivity index (χ4v) is 8.07. The molecule has 4 heteroatoms. The summed E-state index contributed by atoms with van der Waals surface area (Å²) in [5.41, 5.74) is 11.3. The predicted molar refractivity (Wildman–Crippen MR) is 235 cm³/mol. The van der Waals surface area contributed by atoms with E-state index in [1.165, 1.54) is 21.7 Å². The summed E-state index contributed by atoms with van der Waals surface area (Å²) in [5, 5.41) is 6.96. The van der Waals surface area contributed by atoms with Crippen LogP contribution in [0, 0.1) is 0 Å². The highest BCUT2D eigenvalue weighted by atomic mass is 16.3. The van der Waals surface area contributed by atoms with Crippen molar-refractivity contribution >= 4 is 43.5 Å². The third-order valence-corrected chi connectivity index (χ3v) is 10.9. The minimum absolute atomic E-state index is 0.618. The molecule has 57 heavy (non-hydrogen) atoms. The quantitative estimate of drug-likeness (QED) is 0.171. The van der Waals surface area contributed by atoms with Crippen LogP contribution in [0.15, 0.2) is 205 Å². The largest absolute Gasteiger partial charge is 0.456 e. The summed E-state index contributed by atoms with van der Waals surface area (Å²) in [4.78, 5) is 15.3. The monoisotopic (exact) mass is 727 g/mol. The van der Waals surface area contributed by atoms with E-state index in [2.05, 4.69) is 194 Å². The normalized spacial score (nSPS) is 11.5. The molecule has 11 aromatic rings. The van der Waals surface area contributed by atoms with Crippen LogP contribution in [-0.4, -0.2) is 15.0 Å². The molecule has 0 fully saturated rings. The van der Waals surface area contributed by atoms with Gasteiger partial charge in [-0.2, -0.15) is 0 Å². The SMILES string of the molecule is c1ccc(-c2cccc(-c3nc(-c4ccc(-c5cccc6oc7cc(-c8cccc9ccccc89)ccc7c56)cc4)nc(-c4ccc5ccccc5c4)n3)c2)cc1. The van der Waals surface area contributed by atoms with Crippen LogP contribution >= 0.6 is 0 Å². The van der Waals surface area contributed by atoms with Gasteiger partial charge in [-0.25, -0.2) is 15.0 Å². The second kappa shape index (κ2) is 13.6. The standard InChI is InChI=1S/C53H33N3O/c1-2-11-34(12-3-1)40-17-8-18-42(31-40)52-54-51(55-53(56-52)43-28-23-35-13-4-5-15-39(35)32-43)38-26-24-37(25-27-38)46-21-10-22-48-50(46)47-30-29-41(33-49(47)57-48)45-20-9-16-36-14-6-7-19-44(36)45/h1-33H. The van der Waals surface area contributed by atoms with E-state index < -0.39 is 0 Å². The highest BCUT2D eigenvalue weighted by Crippen LogP contribution is 2.40. The Kier molecular flexibility index (Phi) is 7.78. The molecule has 0 atom stereocenters. The molecule has 4 nitrogen and oxygen atoms in total. The summed E-state index contributed by atoms with van der Waals surface area (Å²) in [7, 11) is 0. The average molecular weight is 728 g/mol. The maximum atomic E-state index is 6.53. The van der Waals surface area contributed by atoms with Crippen molar-refractivity contribution in [1.82, 2.24) is 15.0 Å². The Hall–Kier alpha value is -7.69. The second-order valence-electron chi connectivity index (χ2n) is 14.4. The lowest BCUT2D eigenvalue weighted by Gasteiger charge is -2.11. The molecule has 0 aliphatic carbocycles. The van der Waals surface area contributed by atoms with E-state index >= 15 is 0 Å². The number of fused-ring (bicyclic) bond motifs is 5. The first kappa shape index (κ1) is 32.7. The van der Waals surface area contributed by atoms with Gasteiger partial charge in [0.2, 0.25) is 0 Å². The molecule has 11 rings (SSSR count).